The zero-order chi connectivity index (χ0) is 18.1. The van der Waals surface area contributed by atoms with Crippen LogP contribution in [0, 0.1) is 11.8 Å². The predicted molar refractivity (Wildman–Crippen MR) is 89.2 cm³/mol. The van der Waals surface area contributed by atoms with E-state index < -0.39 is 22.6 Å². The van der Waals surface area contributed by atoms with Crippen molar-refractivity contribution < 1.29 is 22.7 Å². The number of rotatable bonds is 5. The van der Waals surface area contributed by atoms with Crippen LogP contribution in [0.1, 0.15) is 16.1 Å². The van der Waals surface area contributed by atoms with Crippen LogP contribution in [0.2, 0.25) is 0 Å². The number of hydrogen-bond acceptors (Lipinski definition) is 6. The molecule has 25 heavy (non-hydrogen) atoms. The fraction of sp³-hybridized carbons (Fsp3) is 0.118. The van der Waals surface area contributed by atoms with E-state index in [9.17, 15) is 18.0 Å². The summed E-state index contributed by atoms with van der Waals surface area (Å²) < 4.78 is 26.4. The van der Waals surface area contributed by atoms with Crippen molar-refractivity contribution in [3.05, 3.63) is 59.9 Å². The number of carbonyl (C=O) groups excluding carboxylic acids is 2. The highest BCUT2D eigenvalue weighted by atomic mass is 32.2. The van der Waals surface area contributed by atoms with Crippen LogP contribution in [0.5, 0.6) is 0 Å². The van der Waals surface area contributed by atoms with Crippen LogP contribution in [0.25, 0.3) is 0 Å². The summed E-state index contributed by atoms with van der Waals surface area (Å²) in [6.45, 7) is 0.0530. The molecule has 7 nitrogen and oxygen atoms in total. The average Bonchev–Trinajstić information content (AvgIpc) is 2.64. The van der Waals surface area contributed by atoms with Crippen molar-refractivity contribution in [2.24, 2.45) is 0 Å². The van der Waals surface area contributed by atoms with Crippen LogP contribution in [-0.2, 0) is 26.8 Å². The van der Waals surface area contributed by atoms with Gasteiger partial charge >= 0.3 is 5.97 Å². The third kappa shape index (κ3) is 6.08. The monoisotopic (exact) mass is 358 g/mol. The maximum absolute atomic E-state index is 11.8. The number of nitrogens with one attached hydrogen (secondary N) is 1. The molecule has 0 radical (unpaired) electrons. The lowest BCUT2D eigenvalue weighted by Gasteiger charge is -2.01. The first-order valence-corrected chi connectivity index (χ1v) is 8.32. The Labute approximate surface area is 146 Å². The molecule has 1 aromatic carbocycles. The van der Waals surface area contributed by atoms with Crippen LogP contribution in [0.3, 0.4) is 0 Å². The molecule has 0 saturated carbocycles. The van der Waals surface area contributed by atoms with Crippen molar-refractivity contribution in [1.29, 1.82) is 0 Å². The zero-order valence-corrected chi connectivity index (χ0v) is 13.9. The molecule has 1 amide bonds. The molecular weight excluding hydrogens is 344 g/mol. The average molecular weight is 358 g/mol. The molecule has 2 aromatic rings. The first-order chi connectivity index (χ1) is 12.1. The van der Waals surface area contributed by atoms with Crippen LogP contribution < -0.4 is 5.32 Å². The van der Waals surface area contributed by atoms with Gasteiger partial charge in [-0.3, -0.25) is 4.79 Å². The number of aromatic nitrogens is 1. The largest absolute Gasteiger partial charge is 0.451 e. The molecule has 1 aromatic heterocycles. The van der Waals surface area contributed by atoms with Gasteiger partial charge in [0.15, 0.2) is 10.7 Å². The Bertz CT molecular complexity index is 873. The Morgan fingerprint density at radius 3 is 2.52 bits per heavy atom. The Balaban J connectivity index is 1.77. The van der Waals surface area contributed by atoms with Crippen molar-refractivity contribution in [3.63, 3.8) is 0 Å². The van der Waals surface area contributed by atoms with Crippen LogP contribution >= 0.6 is 0 Å². The van der Waals surface area contributed by atoms with E-state index in [1.165, 1.54) is 12.1 Å². The van der Waals surface area contributed by atoms with Gasteiger partial charge in [0.2, 0.25) is 0 Å². The van der Waals surface area contributed by atoms with E-state index in [0.29, 0.717) is 0 Å². The number of ether oxygens (including phenoxy) is 1. The quantitative estimate of drug-likeness (QED) is 0.350. The molecule has 0 atom stereocenters. The fourth-order valence-corrected chi connectivity index (χ4v) is 2.07. The third-order valence-electron chi connectivity index (χ3n) is 2.93. The number of esters is 1. The standard InChI is InChI=1S/C17H14N2O5S/c20-16(24-12-13-5-2-1-3-6-13)7-4-10-18-17(21)15-9-8-14(11-19-15)25(22)23/h1-3,5-6,8-9,11,25H,10,12H2,(H,18,21). The summed E-state index contributed by atoms with van der Waals surface area (Å²) in [4.78, 5) is 27.0. The third-order valence-corrected chi connectivity index (χ3v) is 3.62. The molecule has 1 N–H and O–H groups in total. The summed E-state index contributed by atoms with van der Waals surface area (Å²) in [5.74, 6) is 3.51. The summed E-state index contributed by atoms with van der Waals surface area (Å²) in [7, 11) is -2.74. The Morgan fingerprint density at radius 2 is 1.88 bits per heavy atom. The van der Waals surface area contributed by atoms with Crippen molar-refractivity contribution in [2.45, 2.75) is 11.5 Å². The highest BCUT2D eigenvalue weighted by molar-refractivity contribution is 7.72. The Kier molecular flexibility index (Phi) is 6.68. The summed E-state index contributed by atoms with van der Waals surface area (Å²) in [5, 5.41) is 2.44. The van der Waals surface area contributed by atoms with Gasteiger partial charge in [-0.05, 0) is 17.7 Å². The van der Waals surface area contributed by atoms with Gasteiger partial charge in [-0.2, -0.15) is 0 Å². The molecule has 0 bridgehead atoms. The molecule has 0 saturated heterocycles. The first kappa shape index (κ1) is 18.2. The number of amides is 1. The number of nitrogens with zero attached hydrogens (tertiary/aromatic N) is 1. The summed E-state index contributed by atoms with van der Waals surface area (Å²) >= 11 is 0. The second-order valence-corrected chi connectivity index (χ2v) is 5.74. The topological polar surface area (TPSA) is 102 Å². The SMILES string of the molecule is O=C(C#CCNC(=O)c1ccc([SH](=O)=O)cn1)OCc1ccccc1. The number of thiol groups is 1. The van der Waals surface area contributed by atoms with Gasteiger partial charge in [-0.15, -0.1) is 0 Å². The molecule has 2 rings (SSSR count). The van der Waals surface area contributed by atoms with E-state index in [0.717, 1.165) is 11.8 Å². The van der Waals surface area contributed by atoms with E-state index in [1.807, 2.05) is 30.3 Å². The minimum absolute atomic E-state index is 0.0208. The maximum atomic E-state index is 11.8. The highest BCUT2D eigenvalue weighted by Gasteiger charge is 2.06. The molecule has 0 aliphatic heterocycles. The zero-order valence-electron chi connectivity index (χ0n) is 13.0. The van der Waals surface area contributed by atoms with Crippen LogP contribution in [0.15, 0.2) is 53.6 Å². The summed E-state index contributed by atoms with van der Waals surface area (Å²) in [6, 6.07) is 11.7. The Hall–Kier alpha value is -3.18. The van der Waals surface area contributed by atoms with Gasteiger partial charge in [-0.1, -0.05) is 36.3 Å². The molecule has 8 heteroatoms. The number of pyridine rings is 1. The van der Waals surface area contributed by atoms with Gasteiger partial charge < -0.3 is 10.1 Å². The normalized spacial score (nSPS) is 9.80. The smallest absolute Gasteiger partial charge is 0.384 e. The minimum atomic E-state index is -2.74. The summed E-state index contributed by atoms with van der Waals surface area (Å²) in [6.07, 6.45) is 1.09. The first-order valence-electron chi connectivity index (χ1n) is 7.14. The molecule has 0 spiro atoms. The van der Waals surface area contributed by atoms with Crippen LogP contribution in [0.4, 0.5) is 0 Å². The van der Waals surface area contributed by atoms with E-state index in [-0.39, 0.29) is 23.7 Å². The Morgan fingerprint density at radius 1 is 1.12 bits per heavy atom. The highest BCUT2D eigenvalue weighted by Crippen LogP contribution is 2.01. The van der Waals surface area contributed by atoms with Crippen molar-refractivity contribution >= 4 is 22.6 Å². The predicted octanol–water partition coefficient (Wildman–Crippen LogP) is 0.528. The second-order valence-electron chi connectivity index (χ2n) is 4.70. The lowest BCUT2D eigenvalue weighted by atomic mass is 10.2. The van der Waals surface area contributed by atoms with Crippen molar-refractivity contribution in [3.8, 4) is 11.8 Å². The molecule has 0 unspecified atom stereocenters. The van der Waals surface area contributed by atoms with Gasteiger partial charge in [0.1, 0.15) is 12.3 Å². The fourth-order valence-electron chi connectivity index (χ4n) is 1.72. The van der Waals surface area contributed by atoms with E-state index in [2.05, 4.69) is 22.1 Å². The van der Waals surface area contributed by atoms with E-state index in [4.69, 9.17) is 4.74 Å². The molecule has 0 aliphatic rings. The van der Waals surface area contributed by atoms with Crippen LogP contribution in [-0.4, -0.2) is 31.8 Å². The number of hydrogen-bond donors (Lipinski definition) is 2. The minimum Gasteiger partial charge on any atom is -0.451 e. The molecular formula is C17H14N2O5S. The second kappa shape index (κ2) is 9.20. The molecule has 128 valence electrons. The van der Waals surface area contributed by atoms with Crippen molar-refractivity contribution in [2.75, 3.05) is 6.54 Å². The van der Waals surface area contributed by atoms with E-state index in [1.54, 1.807) is 0 Å². The summed E-state index contributed by atoms with van der Waals surface area (Å²) in [5.41, 5.74) is 0.898. The van der Waals surface area contributed by atoms with Gasteiger partial charge in [-0.25, -0.2) is 18.2 Å². The van der Waals surface area contributed by atoms with E-state index >= 15 is 0 Å². The number of benzene rings is 1. The van der Waals surface area contributed by atoms with Gasteiger partial charge in [0, 0.05) is 12.1 Å². The van der Waals surface area contributed by atoms with Crippen molar-refractivity contribution in [1.82, 2.24) is 10.3 Å². The molecule has 1 heterocycles. The number of carbonyl (C=O) groups is 2. The molecule has 0 aliphatic carbocycles. The lowest BCUT2D eigenvalue weighted by molar-refractivity contribution is -0.137. The van der Waals surface area contributed by atoms with Gasteiger partial charge in [0.25, 0.3) is 5.91 Å². The maximum Gasteiger partial charge on any atom is 0.384 e. The lowest BCUT2D eigenvalue weighted by Crippen LogP contribution is -2.24. The molecule has 0 fully saturated rings. The van der Waals surface area contributed by atoms with Gasteiger partial charge in [0.05, 0.1) is 11.4 Å².